The molecule has 16 heavy (non-hydrogen) atoms. The molecule has 0 bridgehead atoms. The van der Waals surface area contributed by atoms with Gasteiger partial charge in [-0.15, -0.1) is 0 Å². The van der Waals surface area contributed by atoms with Crippen LogP contribution in [0, 0.1) is 6.92 Å². The SMILES string of the molecule is COC(C)CS(=O)(=O)Nc1cccc(C)n1. The molecule has 90 valence electrons. The van der Waals surface area contributed by atoms with Gasteiger partial charge in [-0.25, -0.2) is 13.4 Å². The number of rotatable bonds is 5. The van der Waals surface area contributed by atoms with Crippen LogP contribution in [0.3, 0.4) is 0 Å². The Kier molecular flexibility index (Phi) is 4.26. The van der Waals surface area contributed by atoms with Gasteiger partial charge in [-0.3, -0.25) is 4.72 Å². The van der Waals surface area contributed by atoms with Crippen LogP contribution < -0.4 is 4.72 Å². The minimum atomic E-state index is -3.40. The van der Waals surface area contributed by atoms with Gasteiger partial charge in [0, 0.05) is 12.8 Å². The first-order valence-corrected chi connectivity index (χ1v) is 6.55. The highest BCUT2D eigenvalue weighted by Crippen LogP contribution is 2.07. The van der Waals surface area contributed by atoms with Gasteiger partial charge in [-0.1, -0.05) is 6.07 Å². The predicted octanol–water partition coefficient (Wildman–Crippen LogP) is 1.17. The summed E-state index contributed by atoms with van der Waals surface area (Å²) in [7, 11) is -1.92. The number of sulfonamides is 1. The highest BCUT2D eigenvalue weighted by atomic mass is 32.2. The molecule has 0 saturated carbocycles. The van der Waals surface area contributed by atoms with Crippen molar-refractivity contribution in [3.63, 3.8) is 0 Å². The summed E-state index contributed by atoms with van der Waals surface area (Å²) < 4.78 is 30.6. The second kappa shape index (κ2) is 5.27. The van der Waals surface area contributed by atoms with Crippen LogP contribution in [0.2, 0.25) is 0 Å². The fourth-order valence-corrected chi connectivity index (χ4v) is 2.45. The molecule has 0 aliphatic heterocycles. The first-order chi connectivity index (χ1) is 7.43. The topological polar surface area (TPSA) is 68.3 Å². The van der Waals surface area contributed by atoms with E-state index < -0.39 is 10.0 Å². The van der Waals surface area contributed by atoms with Gasteiger partial charge in [0.1, 0.15) is 5.82 Å². The van der Waals surface area contributed by atoms with Crippen molar-refractivity contribution in [2.24, 2.45) is 0 Å². The molecule has 1 aromatic heterocycles. The molecule has 0 spiro atoms. The second-order valence-corrected chi connectivity index (χ2v) is 5.36. The van der Waals surface area contributed by atoms with E-state index in [-0.39, 0.29) is 11.9 Å². The fourth-order valence-electron chi connectivity index (χ4n) is 1.18. The lowest BCUT2D eigenvalue weighted by molar-refractivity contribution is 0.136. The number of anilines is 1. The standard InChI is InChI=1S/C10H16N2O3S/c1-8-5-4-6-10(11-8)12-16(13,14)7-9(2)15-3/h4-6,9H,7H2,1-3H3,(H,11,12). The number of pyridine rings is 1. The van der Waals surface area contributed by atoms with E-state index in [1.54, 1.807) is 32.0 Å². The summed E-state index contributed by atoms with van der Waals surface area (Å²) in [6, 6.07) is 5.16. The van der Waals surface area contributed by atoms with Crippen molar-refractivity contribution in [1.82, 2.24) is 4.98 Å². The van der Waals surface area contributed by atoms with E-state index in [9.17, 15) is 8.42 Å². The van der Waals surface area contributed by atoms with Gasteiger partial charge in [-0.2, -0.15) is 0 Å². The van der Waals surface area contributed by atoms with Crippen molar-refractivity contribution in [3.05, 3.63) is 23.9 Å². The Labute approximate surface area is 95.9 Å². The van der Waals surface area contributed by atoms with Crippen LogP contribution in [0.5, 0.6) is 0 Å². The number of ether oxygens (including phenoxy) is 1. The van der Waals surface area contributed by atoms with E-state index in [0.29, 0.717) is 5.82 Å². The maximum atomic E-state index is 11.6. The van der Waals surface area contributed by atoms with Gasteiger partial charge in [0.25, 0.3) is 0 Å². The zero-order chi connectivity index (χ0) is 12.2. The van der Waals surface area contributed by atoms with Crippen LogP contribution in [0.1, 0.15) is 12.6 Å². The van der Waals surface area contributed by atoms with Crippen LogP contribution in [0.25, 0.3) is 0 Å². The molecular weight excluding hydrogens is 228 g/mol. The summed E-state index contributed by atoms with van der Waals surface area (Å²) in [4.78, 5) is 4.06. The zero-order valence-corrected chi connectivity index (χ0v) is 10.4. The number of aryl methyl sites for hydroxylation is 1. The number of methoxy groups -OCH3 is 1. The molecule has 0 saturated heterocycles. The molecule has 0 fully saturated rings. The van der Waals surface area contributed by atoms with Crippen molar-refractivity contribution in [3.8, 4) is 0 Å². The summed E-state index contributed by atoms with van der Waals surface area (Å²) in [6.45, 7) is 3.50. The molecule has 0 amide bonds. The quantitative estimate of drug-likeness (QED) is 0.844. The largest absolute Gasteiger partial charge is 0.381 e. The maximum absolute atomic E-state index is 11.6. The van der Waals surface area contributed by atoms with Crippen LogP contribution in [-0.2, 0) is 14.8 Å². The van der Waals surface area contributed by atoms with E-state index >= 15 is 0 Å². The third-order valence-electron chi connectivity index (χ3n) is 2.00. The van der Waals surface area contributed by atoms with E-state index in [1.165, 1.54) is 7.11 Å². The summed E-state index contributed by atoms with van der Waals surface area (Å²) >= 11 is 0. The van der Waals surface area contributed by atoms with E-state index in [1.807, 2.05) is 0 Å². The predicted molar refractivity (Wildman–Crippen MR) is 62.9 cm³/mol. The van der Waals surface area contributed by atoms with Gasteiger partial charge < -0.3 is 4.74 Å². The van der Waals surface area contributed by atoms with Crippen LogP contribution >= 0.6 is 0 Å². The molecule has 6 heteroatoms. The van der Waals surface area contributed by atoms with Crippen molar-refractivity contribution < 1.29 is 13.2 Å². The number of nitrogens with one attached hydrogen (secondary N) is 1. The van der Waals surface area contributed by atoms with Gasteiger partial charge in [0.05, 0.1) is 11.9 Å². The Hall–Kier alpha value is -1.14. The van der Waals surface area contributed by atoms with E-state index in [0.717, 1.165) is 5.69 Å². The van der Waals surface area contributed by atoms with Crippen LogP contribution in [-0.4, -0.2) is 32.4 Å². The molecule has 0 aliphatic carbocycles. The Bertz CT molecular complexity index is 445. The highest BCUT2D eigenvalue weighted by molar-refractivity contribution is 7.92. The molecule has 0 radical (unpaired) electrons. The molecule has 1 atom stereocenters. The summed E-state index contributed by atoms with van der Waals surface area (Å²) in [5, 5.41) is 0. The normalized spacial score (nSPS) is 13.4. The number of hydrogen-bond donors (Lipinski definition) is 1. The Morgan fingerprint density at radius 2 is 2.19 bits per heavy atom. The van der Waals surface area contributed by atoms with E-state index in [4.69, 9.17) is 4.74 Å². The summed E-state index contributed by atoms with van der Waals surface area (Å²) in [5.41, 5.74) is 0.764. The lowest BCUT2D eigenvalue weighted by Gasteiger charge is -2.11. The molecule has 0 aromatic carbocycles. The number of aromatic nitrogens is 1. The highest BCUT2D eigenvalue weighted by Gasteiger charge is 2.15. The Balaban J connectivity index is 2.73. The third kappa shape index (κ3) is 4.16. The molecule has 0 aliphatic rings. The summed E-state index contributed by atoms with van der Waals surface area (Å²) in [6.07, 6.45) is -0.345. The molecular formula is C10H16N2O3S. The maximum Gasteiger partial charge on any atom is 0.236 e. The minimum absolute atomic E-state index is 0.0842. The lowest BCUT2D eigenvalue weighted by Crippen LogP contribution is -2.25. The van der Waals surface area contributed by atoms with Gasteiger partial charge in [0.15, 0.2) is 0 Å². The van der Waals surface area contributed by atoms with Crippen LogP contribution in [0.4, 0.5) is 5.82 Å². The minimum Gasteiger partial charge on any atom is -0.381 e. The first-order valence-electron chi connectivity index (χ1n) is 4.90. The van der Waals surface area contributed by atoms with Gasteiger partial charge in [0.2, 0.25) is 10.0 Å². The average molecular weight is 244 g/mol. The Morgan fingerprint density at radius 1 is 1.50 bits per heavy atom. The van der Waals surface area contributed by atoms with Crippen molar-refractivity contribution in [2.75, 3.05) is 17.6 Å². The monoisotopic (exact) mass is 244 g/mol. The lowest BCUT2D eigenvalue weighted by atomic mass is 10.4. The number of nitrogens with zero attached hydrogens (tertiary/aromatic N) is 1. The molecule has 1 heterocycles. The van der Waals surface area contributed by atoms with Gasteiger partial charge in [-0.05, 0) is 26.0 Å². The molecule has 1 aromatic rings. The average Bonchev–Trinajstić information content (AvgIpc) is 2.15. The Morgan fingerprint density at radius 3 is 2.75 bits per heavy atom. The van der Waals surface area contributed by atoms with E-state index in [2.05, 4.69) is 9.71 Å². The fraction of sp³-hybridized carbons (Fsp3) is 0.500. The smallest absolute Gasteiger partial charge is 0.236 e. The summed E-state index contributed by atoms with van der Waals surface area (Å²) in [5.74, 6) is 0.252. The first kappa shape index (κ1) is 12.9. The molecule has 1 rings (SSSR count). The molecule has 1 unspecified atom stereocenters. The molecule has 5 nitrogen and oxygen atoms in total. The van der Waals surface area contributed by atoms with Crippen molar-refractivity contribution in [1.29, 1.82) is 0 Å². The second-order valence-electron chi connectivity index (χ2n) is 3.59. The number of hydrogen-bond acceptors (Lipinski definition) is 4. The third-order valence-corrected chi connectivity index (χ3v) is 3.43. The molecule has 1 N–H and O–H groups in total. The van der Waals surface area contributed by atoms with Crippen molar-refractivity contribution in [2.45, 2.75) is 20.0 Å². The van der Waals surface area contributed by atoms with Gasteiger partial charge >= 0.3 is 0 Å². The van der Waals surface area contributed by atoms with Crippen LogP contribution in [0.15, 0.2) is 18.2 Å². The zero-order valence-electron chi connectivity index (χ0n) is 9.60. The van der Waals surface area contributed by atoms with Crippen molar-refractivity contribution >= 4 is 15.8 Å².